The van der Waals surface area contributed by atoms with Crippen molar-refractivity contribution in [2.75, 3.05) is 26.3 Å². The van der Waals surface area contributed by atoms with Crippen LogP contribution in [0.3, 0.4) is 0 Å². The molecule has 10 nitrogen and oxygen atoms in total. The largest absolute Gasteiger partial charge is 0.438 e. The van der Waals surface area contributed by atoms with Gasteiger partial charge >= 0.3 is 0 Å². The molecule has 0 amide bonds. The summed E-state index contributed by atoms with van der Waals surface area (Å²) < 4.78 is 38.6. The number of ether oxygens (including phenoxy) is 2. The van der Waals surface area contributed by atoms with Gasteiger partial charge in [-0.2, -0.15) is 4.31 Å². The van der Waals surface area contributed by atoms with E-state index >= 15 is 0 Å². The number of hydrogen-bond acceptors (Lipinski definition) is 8. The summed E-state index contributed by atoms with van der Waals surface area (Å²) in [5.41, 5.74) is 0.499. The summed E-state index contributed by atoms with van der Waals surface area (Å²) in [7, 11) is -3.52. The monoisotopic (exact) mass is 362 g/mol. The number of benzene rings is 1. The third-order valence-electron chi connectivity index (χ3n) is 3.70. The molecule has 1 aliphatic rings. The quantitative estimate of drug-likeness (QED) is 0.653. The van der Waals surface area contributed by atoms with Gasteiger partial charge in [0.25, 0.3) is 0 Å². The summed E-state index contributed by atoms with van der Waals surface area (Å²) in [5, 5.41) is 15.0. The molecule has 0 unspecified atom stereocenters. The second-order valence-electron chi connectivity index (χ2n) is 5.29. The van der Waals surface area contributed by atoms with Gasteiger partial charge in [0.1, 0.15) is 5.75 Å². The minimum atomic E-state index is -3.52. The van der Waals surface area contributed by atoms with Crippen LogP contribution in [-0.4, -0.2) is 64.3 Å². The van der Waals surface area contributed by atoms with Crippen LogP contribution < -0.4 is 4.74 Å². The van der Waals surface area contributed by atoms with Crippen LogP contribution in [0.5, 0.6) is 11.6 Å². The Morgan fingerprint density at radius 3 is 2.56 bits per heavy atom. The summed E-state index contributed by atoms with van der Waals surface area (Å²) in [6.07, 6.45) is 0. The molecule has 3 aromatic rings. The highest BCUT2D eigenvalue weighted by Crippen LogP contribution is 2.23. The predicted octanol–water partition coefficient (Wildman–Crippen LogP) is 0.332. The van der Waals surface area contributed by atoms with Crippen molar-refractivity contribution >= 4 is 15.7 Å². The third kappa shape index (κ3) is 3.16. The first kappa shape index (κ1) is 15.9. The van der Waals surface area contributed by atoms with E-state index in [9.17, 15) is 8.42 Å². The van der Waals surface area contributed by atoms with Crippen LogP contribution in [0.15, 0.2) is 41.3 Å². The molecule has 3 heterocycles. The van der Waals surface area contributed by atoms with Gasteiger partial charge in [-0.05, 0) is 40.8 Å². The Morgan fingerprint density at radius 2 is 1.80 bits per heavy atom. The average Bonchev–Trinajstić information content (AvgIpc) is 3.11. The number of fused-ring (bicyclic) bond motifs is 1. The van der Waals surface area contributed by atoms with E-state index in [1.54, 1.807) is 24.3 Å². The summed E-state index contributed by atoms with van der Waals surface area (Å²) in [6, 6.07) is 9.48. The second kappa shape index (κ2) is 6.35. The zero-order valence-corrected chi connectivity index (χ0v) is 13.8. The number of morpholine rings is 1. The van der Waals surface area contributed by atoms with Crippen LogP contribution in [0.2, 0.25) is 0 Å². The fraction of sp³-hybridized carbons (Fsp3) is 0.286. The van der Waals surface area contributed by atoms with Crippen molar-refractivity contribution in [3.8, 4) is 11.6 Å². The minimum Gasteiger partial charge on any atom is -0.438 e. The maximum atomic E-state index is 12.6. The highest BCUT2D eigenvalue weighted by molar-refractivity contribution is 7.89. The Bertz CT molecular complexity index is 982. The fourth-order valence-electron chi connectivity index (χ4n) is 2.42. The number of nitrogens with zero attached hydrogens (tertiary/aromatic N) is 6. The van der Waals surface area contributed by atoms with Crippen LogP contribution in [0, 0.1) is 0 Å². The zero-order chi connectivity index (χ0) is 17.3. The van der Waals surface area contributed by atoms with E-state index in [0.29, 0.717) is 43.6 Å². The lowest BCUT2D eigenvalue weighted by Gasteiger charge is -2.26. The van der Waals surface area contributed by atoms with Crippen LogP contribution in [0.25, 0.3) is 5.65 Å². The van der Waals surface area contributed by atoms with Gasteiger partial charge in [0, 0.05) is 19.2 Å². The van der Waals surface area contributed by atoms with E-state index in [1.165, 1.54) is 21.1 Å². The minimum absolute atomic E-state index is 0.214. The van der Waals surface area contributed by atoms with Crippen LogP contribution in [0.4, 0.5) is 0 Å². The number of sulfonamides is 1. The lowest BCUT2D eigenvalue weighted by Crippen LogP contribution is -2.40. The molecule has 1 aromatic carbocycles. The lowest BCUT2D eigenvalue weighted by atomic mass is 10.3. The van der Waals surface area contributed by atoms with Crippen LogP contribution in [0.1, 0.15) is 0 Å². The molecule has 0 bridgehead atoms. The number of hydrogen-bond donors (Lipinski definition) is 0. The first-order valence-electron chi connectivity index (χ1n) is 7.54. The van der Waals surface area contributed by atoms with E-state index in [0.717, 1.165) is 0 Å². The van der Waals surface area contributed by atoms with Gasteiger partial charge in [-0.15, -0.1) is 14.8 Å². The first-order valence-corrected chi connectivity index (χ1v) is 8.98. The summed E-state index contributed by atoms with van der Waals surface area (Å²) >= 11 is 0. The SMILES string of the molecule is O=S(=O)(c1ccc(Oc2ccc3nnnn3n2)cc1)N1CCOCC1. The van der Waals surface area contributed by atoms with Gasteiger partial charge in [-0.25, -0.2) is 8.42 Å². The Kier molecular flexibility index (Phi) is 4.03. The van der Waals surface area contributed by atoms with E-state index in [-0.39, 0.29) is 4.90 Å². The van der Waals surface area contributed by atoms with Crippen molar-refractivity contribution in [1.82, 2.24) is 29.6 Å². The molecule has 11 heteroatoms. The van der Waals surface area contributed by atoms with Crippen molar-refractivity contribution in [1.29, 1.82) is 0 Å². The molecule has 0 saturated carbocycles. The number of rotatable bonds is 4. The summed E-state index contributed by atoms with van der Waals surface area (Å²) in [6.45, 7) is 1.53. The molecule has 1 saturated heterocycles. The number of tetrazole rings is 1. The van der Waals surface area contributed by atoms with E-state index < -0.39 is 10.0 Å². The van der Waals surface area contributed by atoms with Gasteiger partial charge < -0.3 is 9.47 Å². The van der Waals surface area contributed by atoms with E-state index in [2.05, 4.69) is 20.6 Å². The fourth-order valence-corrected chi connectivity index (χ4v) is 3.83. The second-order valence-corrected chi connectivity index (χ2v) is 7.23. The highest BCUT2D eigenvalue weighted by atomic mass is 32.2. The van der Waals surface area contributed by atoms with Crippen LogP contribution >= 0.6 is 0 Å². The molecule has 25 heavy (non-hydrogen) atoms. The molecule has 0 spiro atoms. The standard InChI is InChI=1S/C14H14N6O4S/c21-25(22,19-7-9-23-10-8-19)12-3-1-11(2-4-12)24-14-6-5-13-15-17-18-20(13)16-14/h1-6H,7-10H2. The smallest absolute Gasteiger partial charge is 0.243 e. The molecule has 0 radical (unpaired) electrons. The highest BCUT2D eigenvalue weighted by Gasteiger charge is 2.26. The molecular weight excluding hydrogens is 348 g/mol. The van der Waals surface area contributed by atoms with Gasteiger partial charge in [0.15, 0.2) is 5.65 Å². The van der Waals surface area contributed by atoms with Crippen molar-refractivity contribution in [3.05, 3.63) is 36.4 Å². The van der Waals surface area contributed by atoms with Gasteiger partial charge in [-0.3, -0.25) is 0 Å². The van der Waals surface area contributed by atoms with Crippen molar-refractivity contribution in [3.63, 3.8) is 0 Å². The number of aromatic nitrogens is 5. The van der Waals surface area contributed by atoms with Crippen molar-refractivity contribution in [2.24, 2.45) is 0 Å². The predicted molar refractivity (Wildman–Crippen MR) is 84.7 cm³/mol. The molecule has 2 aromatic heterocycles. The van der Waals surface area contributed by atoms with Gasteiger partial charge in [0.05, 0.1) is 18.1 Å². The Labute approximate surface area is 143 Å². The summed E-state index contributed by atoms with van der Waals surface area (Å²) in [4.78, 5) is 0.214. The zero-order valence-electron chi connectivity index (χ0n) is 13.0. The van der Waals surface area contributed by atoms with Crippen LogP contribution in [-0.2, 0) is 14.8 Å². The maximum absolute atomic E-state index is 12.6. The lowest BCUT2D eigenvalue weighted by molar-refractivity contribution is 0.0730. The molecule has 130 valence electrons. The molecule has 0 N–H and O–H groups in total. The summed E-state index contributed by atoms with van der Waals surface area (Å²) in [5.74, 6) is 0.754. The maximum Gasteiger partial charge on any atom is 0.243 e. The van der Waals surface area contributed by atoms with Gasteiger partial charge in [-0.1, -0.05) is 0 Å². The molecular formula is C14H14N6O4S. The van der Waals surface area contributed by atoms with Crippen molar-refractivity contribution < 1.29 is 17.9 Å². The molecule has 1 fully saturated rings. The molecule has 0 aliphatic carbocycles. The molecule has 4 rings (SSSR count). The topological polar surface area (TPSA) is 112 Å². The van der Waals surface area contributed by atoms with E-state index in [4.69, 9.17) is 9.47 Å². The Morgan fingerprint density at radius 1 is 1.04 bits per heavy atom. The first-order chi connectivity index (χ1) is 12.1. The third-order valence-corrected chi connectivity index (χ3v) is 5.61. The molecule has 0 atom stereocenters. The Balaban J connectivity index is 1.53. The van der Waals surface area contributed by atoms with E-state index in [1.807, 2.05) is 0 Å². The molecule has 1 aliphatic heterocycles. The normalized spacial score (nSPS) is 16.2. The Hall–Kier alpha value is -2.63. The average molecular weight is 362 g/mol. The van der Waals surface area contributed by atoms with Crippen molar-refractivity contribution in [2.45, 2.75) is 4.90 Å². The van der Waals surface area contributed by atoms with Gasteiger partial charge in [0.2, 0.25) is 15.9 Å².